The van der Waals surface area contributed by atoms with Crippen LogP contribution in [-0.2, 0) is 19.1 Å². The SMILES string of the molecule is NCCC[C@@H](N)C(=O)OC(=O)CC[C@@H](N)C(=O)O. The highest BCUT2D eigenvalue weighted by Gasteiger charge is 2.20. The quantitative estimate of drug-likeness (QED) is 0.297. The minimum absolute atomic E-state index is 0.0977. The van der Waals surface area contributed by atoms with Crippen LogP contribution in [0.2, 0.25) is 0 Å². The van der Waals surface area contributed by atoms with E-state index >= 15 is 0 Å². The van der Waals surface area contributed by atoms with Crippen molar-refractivity contribution in [3.05, 3.63) is 0 Å². The van der Waals surface area contributed by atoms with Crippen LogP contribution >= 0.6 is 0 Å². The van der Waals surface area contributed by atoms with Crippen molar-refractivity contribution in [3.8, 4) is 0 Å². The maximum absolute atomic E-state index is 11.3. The zero-order chi connectivity index (χ0) is 14.1. The van der Waals surface area contributed by atoms with Gasteiger partial charge in [-0.1, -0.05) is 0 Å². The number of carboxylic acid groups (broad SMARTS) is 1. The predicted octanol–water partition coefficient (Wildman–Crippen LogP) is -1.69. The molecule has 0 saturated carbocycles. The molecule has 0 aromatic heterocycles. The van der Waals surface area contributed by atoms with Gasteiger partial charge in [0.25, 0.3) is 0 Å². The van der Waals surface area contributed by atoms with Gasteiger partial charge in [0, 0.05) is 6.42 Å². The smallest absolute Gasteiger partial charge is 0.330 e. The van der Waals surface area contributed by atoms with Gasteiger partial charge in [-0.15, -0.1) is 0 Å². The van der Waals surface area contributed by atoms with E-state index in [-0.39, 0.29) is 12.8 Å². The maximum atomic E-state index is 11.3. The summed E-state index contributed by atoms with van der Waals surface area (Å²) in [5.41, 5.74) is 15.9. The first-order valence-corrected chi connectivity index (χ1v) is 5.57. The molecule has 0 aliphatic heterocycles. The lowest BCUT2D eigenvalue weighted by atomic mass is 10.1. The standard InChI is InChI=1S/C10H19N3O5/c11-5-1-2-7(13)10(17)18-8(14)4-3-6(12)9(15)16/h6-7H,1-5,11-13H2,(H,15,16)/t6-,7-/m1/s1. The van der Waals surface area contributed by atoms with Gasteiger partial charge in [-0.25, -0.2) is 4.79 Å². The Labute approximate surface area is 104 Å². The van der Waals surface area contributed by atoms with Gasteiger partial charge in [-0.05, 0) is 25.8 Å². The summed E-state index contributed by atoms with van der Waals surface area (Å²) in [5.74, 6) is -2.88. The van der Waals surface area contributed by atoms with Crippen molar-refractivity contribution >= 4 is 17.9 Å². The average Bonchev–Trinajstić information content (AvgIpc) is 2.32. The lowest BCUT2D eigenvalue weighted by Gasteiger charge is -2.10. The second-order valence-electron chi connectivity index (χ2n) is 3.81. The van der Waals surface area contributed by atoms with Gasteiger partial charge in [0.1, 0.15) is 12.1 Å². The van der Waals surface area contributed by atoms with E-state index in [1.54, 1.807) is 0 Å². The molecule has 0 rings (SSSR count). The number of carbonyl (C=O) groups excluding carboxylic acids is 2. The number of rotatable bonds is 8. The largest absolute Gasteiger partial charge is 0.480 e. The molecule has 0 amide bonds. The number of ether oxygens (including phenoxy) is 1. The first-order valence-electron chi connectivity index (χ1n) is 5.57. The third-order valence-electron chi connectivity index (χ3n) is 2.21. The summed E-state index contributed by atoms with van der Waals surface area (Å²) < 4.78 is 4.45. The van der Waals surface area contributed by atoms with Crippen LogP contribution < -0.4 is 17.2 Å². The van der Waals surface area contributed by atoms with Gasteiger partial charge in [-0.3, -0.25) is 9.59 Å². The molecule has 8 heteroatoms. The van der Waals surface area contributed by atoms with Crippen LogP contribution in [0.25, 0.3) is 0 Å². The Morgan fingerprint density at radius 2 is 1.72 bits per heavy atom. The number of carboxylic acids is 1. The molecule has 2 atom stereocenters. The number of carbonyl (C=O) groups is 3. The topological polar surface area (TPSA) is 159 Å². The van der Waals surface area contributed by atoms with Crippen molar-refractivity contribution in [1.29, 1.82) is 0 Å². The first kappa shape index (κ1) is 16.5. The fourth-order valence-electron chi connectivity index (χ4n) is 1.09. The van der Waals surface area contributed by atoms with Crippen molar-refractivity contribution < 1.29 is 24.2 Å². The first-order chi connectivity index (χ1) is 8.38. The molecule has 0 saturated heterocycles. The number of aliphatic carboxylic acids is 1. The van der Waals surface area contributed by atoms with Gasteiger partial charge < -0.3 is 27.0 Å². The highest BCUT2D eigenvalue weighted by Crippen LogP contribution is 2.01. The van der Waals surface area contributed by atoms with E-state index in [4.69, 9.17) is 22.3 Å². The fourth-order valence-corrected chi connectivity index (χ4v) is 1.09. The lowest BCUT2D eigenvalue weighted by molar-refractivity contribution is -0.160. The van der Waals surface area contributed by atoms with Crippen molar-refractivity contribution in [2.24, 2.45) is 17.2 Å². The third-order valence-corrected chi connectivity index (χ3v) is 2.21. The van der Waals surface area contributed by atoms with E-state index in [1.807, 2.05) is 0 Å². The molecule has 0 radical (unpaired) electrons. The lowest BCUT2D eigenvalue weighted by Crippen LogP contribution is -2.35. The van der Waals surface area contributed by atoms with Crippen molar-refractivity contribution in [2.45, 2.75) is 37.8 Å². The molecule has 8 nitrogen and oxygen atoms in total. The normalized spacial score (nSPS) is 13.7. The molecule has 18 heavy (non-hydrogen) atoms. The van der Waals surface area contributed by atoms with Crippen LogP contribution in [-0.4, -0.2) is 41.6 Å². The second-order valence-corrected chi connectivity index (χ2v) is 3.81. The molecule has 0 spiro atoms. The van der Waals surface area contributed by atoms with Crippen LogP contribution in [0.1, 0.15) is 25.7 Å². The monoisotopic (exact) mass is 261 g/mol. The van der Waals surface area contributed by atoms with Crippen LogP contribution in [0.4, 0.5) is 0 Å². The van der Waals surface area contributed by atoms with Gasteiger partial charge in [0.15, 0.2) is 0 Å². The molecule has 7 N–H and O–H groups in total. The summed E-state index contributed by atoms with van der Waals surface area (Å²) >= 11 is 0. The molecule has 0 aromatic rings. The molecular weight excluding hydrogens is 242 g/mol. The molecule has 0 aromatic carbocycles. The van der Waals surface area contributed by atoms with E-state index in [0.29, 0.717) is 19.4 Å². The average molecular weight is 261 g/mol. The van der Waals surface area contributed by atoms with E-state index in [0.717, 1.165) is 0 Å². The number of esters is 2. The fraction of sp³-hybridized carbons (Fsp3) is 0.700. The summed E-state index contributed by atoms with van der Waals surface area (Å²) in [6, 6.07) is -2.05. The zero-order valence-corrected chi connectivity index (χ0v) is 10.0. The van der Waals surface area contributed by atoms with Crippen LogP contribution in [0, 0.1) is 0 Å². The second kappa shape index (κ2) is 8.56. The van der Waals surface area contributed by atoms with Crippen molar-refractivity contribution in [1.82, 2.24) is 0 Å². The van der Waals surface area contributed by atoms with Crippen molar-refractivity contribution in [2.75, 3.05) is 6.54 Å². The Balaban J connectivity index is 3.93. The molecule has 0 fully saturated rings. The van der Waals surface area contributed by atoms with E-state index in [9.17, 15) is 14.4 Å². The van der Waals surface area contributed by atoms with Gasteiger partial charge in [0.05, 0.1) is 0 Å². The van der Waals surface area contributed by atoms with Crippen LogP contribution in [0.3, 0.4) is 0 Å². The molecule has 0 heterocycles. The Morgan fingerprint density at radius 3 is 2.22 bits per heavy atom. The Kier molecular flexibility index (Phi) is 7.84. The minimum atomic E-state index is -1.21. The Hall–Kier alpha value is -1.51. The number of hydrogen-bond acceptors (Lipinski definition) is 7. The van der Waals surface area contributed by atoms with Gasteiger partial charge in [0.2, 0.25) is 0 Å². The highest BCUT2D eigenvalue weighted by atomic mass is 16.6. The zero-order valence-electron chi connectivity index (χ0n) is 10.0. The summed E-state index contributed by atoms with van der Waals surface area (Å²) in [4.78, 5) is 32.9. The van der Waals surface area contributed by atoms with E-state index < -0.39 is 30.0 Å². The molecular formula is C10H19N3O5. The van der Waals surface area contributed by atoms with Crippen LogP contribution in [0.15, 0.2) is 0 Å². The van der Waals surface area contributed by atoms with E-state index in [1.165, 1.54) is 0 Å². The predicted molar refractivity (Wildman–Crippen MR) is 62.2 cm³/mol. The summed E-state index contributed by atoms with van der Waals surface area (Å²) in [6.07, 6.45) is 0.536. The molecule has 0 bridgehead atoms. The third kappa shape index (κ3) is 6.94. The molecule has 104 valence electrons. The maximum Gasteiger partial charge on any atom is 0.330 e. The number of hydrogen-bond donors (Lipinski definition) is 4. The van der Waals surface area contributed by atoms with E-state index in [2.05, 4.69) is 4.74 Å². The summed E-state index contributed by atoms with van der Waals surface area (Å²) in [6.45, 7) is 0.391. The summed E-state index contributed by atoms with van der Waals surface area (Å²) in [5, 5.41) is 8.49. The van der Waals surface area contributed by atoms with Crippen molar-refractivity contribution in [3.63, 3.8) is 0 Å². The molecule has 0 unspecified atom stereocenters. The molecule has 0 aliphatic rings. The minimum Gasteiger partial charge on any atom is -0.480 e. The molecule has 0 aliphatic carbocycles. The van der Waals surface area contributed by atoms with Gasteiger partial charge >= 0.3 is 17.9 Å². The van der Waals surface area contributed by atoms with Gasteiger partial charge in [-0.2, -0.15) is 0 Å². The Bertz CT molecular complexity index is 308. The van der Waals surface area contributed by atoms with Crippen LogP contribution in [0.5, 0.6) is 0 Å². The summed E-state index contributed by atoms with van der Waals surface area (Å²) in [7, 11) is 0. The highest BCUT2D eigenvalue weighted by molar-refractivity contribution is 5.88. The Morgan fingerprint density at radius 1 is 1.11 bits per heavy atom. The number of nitrogens with two attached hydrogens (primary N) is 3.